The summed E-state index contributed by atoms with van der Waals surface area (Å²) >= 11 is 1.82. The van der Waals surface area contributed by atoms with Gasteiger partial charge in [0, 0.05) is 15.7 Å². The monoisotopic (exact) mass is 258 g/mol. The quantitative estimate of drug-likeness (QED) is 0.622. The van der Waals surface area contributed by atoms with Crippen molar-refractivity contribution in [3.63, 3.8) is 0 Å². The summed E-state index contributed by atoms with van der Waals surface area (Å²) in [6, 6.07) is 9.87. The smallest absolute Gasteiger partial charge is 0.168 e. The van der Waals surface area contributed by atoms with Crippen molar-refractivity contribution in [1.82, 2.24) is 9.97 Å². The molecule has 2 aromatic rings. The van der Waals surface area contributed by atoms with Gasteiger partial charge in [0.25, 0.3) is 0 Å². The third-order valence-corrected chi connectivity index (χ3v) is 3.35. The average molecular weight is 258 g/mol. The molecule has 4 heteroatoms. The van der Waals surface area contributed by atoms with E-state index in [2.05, 4.69) is 35.9 Å². The van der Waals surface area contributed by atoms with E-state index in [1.165, 1.54) is 11.2 Å². The van der Waals surface area contributed by atoms with Crippen LogP contribution >= 0.6 is 11.8 Å². The molecule has 0 aliphatic carbocycles. The predicted molar refractivity (Wildman–Crippen MR) is 73.8 cm³/mol. The van der Waals surface area contributed by atoms with Crippen molar-refractivity contribution in [3.8, 4) is 11.3 Å². The molecule has 3 nitrogen and oxygen atoms in total. The number of aromatic nitrogens is 2. The number of aldehydes is 1. The Kier molecular flexibility index (Phi) is 4.10. The van der Waals surface area contributed by atoms with Gasteiger partial charge < -0.3 is 0 Å². The molecule has 0 radical (unpaired) electrons. The van der Waals surface area contributed by atoms with E-state index in [0.717, 1.165) is 17.5 Å². The third-order valence-electron chi connectivity index (χ3n) is 2.33. The maximum atomic E-state index is 10.7. The Morgan fingerprint density at radius 2 is 1.89 bits per heavy atom. The first-order chi connectivity index (χ1) is 8.69. The van der Waals surface area contributed by atoms with E-state index < -0.39 is 0 Å². The Morgan fingerprint density at radius 3 is 2.50 bits per heavy atom. The summed E-state index contributed by atoms with van der Waals surface area (Å²) in [5, 5.41) is 0.566. The lowest BCUT2D eigenvalue weighted by Crippen LogP contribution is -1.91. The van der Waals surface area contributed by atoms with Crippen LogP contribution in [0, 0.1) is 0 Å². The van der Waals surface area contributed by atoms with Crippen molar-refractivity contribution < 1.29 is 4.79 Å². The number of benzene rings is 1. The lowest BCUT2D eigenvalue weighted by molar-refractivity contribution is 0.111. The Balaban J connectivity index is 2.25. The van der Waals surface area contributed by atoms with Crippen LogP contribution in [-0.2, 0) is 0 Å². The van der Waals surface area contributed by atoms with Gasteiger partial charge in [0.1, 0.15) is 12.0 Å². The standard InChI is InChI=1S/C14H14N2OS/c1-10(2)18-13-5-3-11(4-6-13)14-7-12(8-17)15-9-16-14/h3-10H,1-2H3. The lowest BCUT2D eigenvalue weighted by atomic mass is 10.1. The van der Waals surface area contributed by atoms with Gasteiger partial charge in [0.15, 0.2) is 6.29 Å². The minimum Gasteiger partial charge on any atom is -0.296 e. The number of carbonyl (C=O) groups excluding carboxylic acids is 1. The average Bonchev–Trinajstić information content (AvgIpc) is 2.39. The summed E-state index contributed by atoms with van der Waals surface area (Å²) in [7, 11) is 0. The molecule has 2 rings (SSSR count). The van der Waals surface area contributed by atoms with Gasteiger partial charge >= 0.3 is 0 Å². The zero-order chi connectivity index (χ0) is 13.0. The maximum Gasteiger partial charge on any atom is 0.168 e. The summed E-state index contributed by atoms with van der Waals surface area (Å²) < 4.78 is 0. The Bertz CT molecular complexity index is 538. The molecule has 0 aliphatic heterocycles. The van der Waals surface area contributed by atoms with Gasteiger partial charge in [-0.2, -0.15) is 0 Å². The van der Waals surface area contributed by atoms with Crippen molar-refractivity contribution in [2.45, 2.75) is 24.0 Å². The number of thioether (sulfide) groups is 1. The highest BCUT2D eigenvalue weighted by molar-refractivity contribution is 7.99. The number of rotatable bonds is 4. The van der Waals surface area contributed by atoms with Crippen molar-refractivity contribution in [3.05, 3.63) is 42.4 Å². The van der Waals surface area contributed by atoms with Crippen LogP contribution in [-0.4, -0.2) is 21.5 Å². The first-order valence-electron chi connectivity index (χ1n) is 5.73. The van der Waals surface area contributed by atoms with Crippen LogP contribution in [0.2, 0.25) is 0 Å². The van der Waals surface area contributed by atoms with Crippen LogP contribution in [0.4, 0.5) is 0 Å². The molecule has 1 aromatic carbocycles. The van der Waals surface area contributed by atoms with Gasteiger partial charge in [-0.1, -0.05) is 26.0 Å². The molecule has 1 aromatic heterocycles. The van der Waals surface area contributed by atoms with Crippen molar-refractivity contribution in [2.75, 3.05) is 0 Å². The fourth-order valence-corrected chi connectivity index (χ4v) is 2.41. The lowest BCUT2D eigenvalue weighted by Gasteiger charge is -2.06. The molecule has 0 saturated heterocycles. The largest absolute Gasteiger partial charge is 0.296 e. The van der Waals surface area contributed by atoms with Gasteiger partial charge in [0.05, 0.1) is 5.69 Å². The molecule has 0 spiro atoms. The highest BCUT2D eigenvalue weighted by Crippen LogP contribution is 2.25. The minimum absolute atomic E-state index is 0.403. The highest BCUT2D eigenvalue weighted by Gasteiger charge is 2.03. The second-order valence-corrected chi connectivity index (χ2v) is 5.79. The zero-order valence-corrected chi connectivity index (χ0v) is 11.1. The molecule has 0 saturated carbocycles. The van der Waals surface area contributed by atoms with E-state index in [-0.39, 0.29) is 0 Å². The molecule has 0 amide bonds. The van der Waals surface area contributed by atoms with Crippen molar-refractivity contribution in [1.29, 1.82) is 0 Å². The predicted octanol–water partition coefficient (Wildman–Crippen LogP) is 3.46. The molecule has 18 heavy (non-hydrogen) atoms. The fraction of sp³-hybridized carbons (Fsp3) is 0.214. The summed E-state index contributed by atoms with van der Waals surface area (Å²) in [6.07, 6.45) is 2.14. The molecule has 92 valence electrons. The SMILES string of the molecule is CC(C)Sc1ccc(-c2cc(C=O)ncn2)cc1. The molecule has 0 unspecified atom stereocenters. The van der Waals surface area contributed by atoms with Crippen molar-refractivity contribution >= 4 is 18.0 Å². The summed E-state index contributed by atoms with van der Waals surface area (Å²) in [4.78, 5) is 19.9. The molecule has 0 bridgehead atoms. The first kappa shape index (κ1) is 12.8. The van der Waals surface area contributed by atoms with Gasteiger partial charge in [-0.05, 0) is 18.2 Å². The van der Waals surface area contributed by atoms with E-state index in [1.807, 2.05) is 23.9 Å². The Morgan fingerprint density at radius 1 is 1.17 bits per heavy atom. The Hall–Kier alpha value is -1.68. The van der Waals surface area contributed by atoms with Gasteiger partial charge in [0.2, 0.25) is 0 Å². The van der Waals surface area contributed by atoms with Crippen LogP contribution in [0.1, 0.15) is 24.3 Å². The van der Waals surface area contributed by atoms with Crippen LogP contribution in [0.25, 0.3) is 11.3 Å². The molecule has 0 fully saturated rings. The third kappa shape index (κ3) is 3.17. The van der Waals surface area contributed by atoms with E-state index in [9.17, 15) is 4.79 Å². The number of nitrogens with zero attached hydrogens (tertiary/aromatic N) is 2. The molecule has 0 atom stereocenters. The van der Waals surface area contributed by atoms with Crippen LogP contribution in [0.15, 0.2) is 41.6 Å². The number of hydrogen-bond donors (Lipinski definition) is 0. The van der Waals surface area contributed by atoms with E-state index in [1.54, 1.807) is 6.07 Å². The van der Waals surface area contributed by atoms with Gasteiger partial charge in [-0.25, -0.2) is 9.97 Å². The van der Waals surface area contributed by atoms with Crippen LogP contribution < -0.4 is 0 Å². The van der Waals surface area contributed by atoms with E-state index >= 15 is 0 Å². The first-order valence-corrected chi connectivity index (χ1v) is 6.61. The normalized spacial score (nSPS) is 10.6. The second-order valence-electron chi connectivity index (χ2n) is 4.14. The summed E-state index contributed by atoms with van der Waals surface area (Å²) in [6.45, 7) is 4.33. The molecule has 0 aliphatic rings. The Labute approximate surface area is 111 Å². The van der Waals surface area contributed by atoms with E-state index in [0.29, 0.717) is 10.9 Å². The molecule has 0 N–H and O–H groups in total. The maximum absolute atomic E-state index is 10.7. The minimum atomic E-state index is 0.403. The zero-order valence-electron chi connectivity index (χ0n) is 10.3. The van der Waals surface area contributed by atoms with Crippen molar-refractivity contribution in [2.24, 2.45) is 0 Å². The second kappa shape index (κ2) is 5.78. The molecular weight excluding hydrogens is 244 g/mol. The number of carbonyl (C=O) groups is 1. The summed E-state index contributed by atoms with van der Waals surface area (Å²) in [5.74, 6) is 0. The van der Waals surface area contributed by atoms with Gasteiger partial charge in [-0.15, -0.1) is 11.8 Å². The summed E-state index contributed by atoms with van der Waals surface area (Å²) in [5.41, 5.74) is 2.17. The molecule has 1 heterocycles. The fourth-order valence-electron chi connectivity index (χ4n) is 1.57. The van der Waals surface area contributed by atoms with Crippen LogP contribution in [0.3, 0.4) is 0 Å². The van der Waals surface area contributed by atoms with Crippen LogP contribution in [0.5, 0.6) is 0 Å². The highest BCUT2D eigenvalue weighted by atomic mass is 32.2. The molecular formula is C14H14N2OS. The van der Waals surface area contributed by atoms with Gasteiger partial charge in [-0.3, -0.25) is 4.79 Å². The topological polar surface area (TPSA) is 42.9 Å². The number of hydrogen-bond acceptors (Lipinski definition) is 4. The van der Waals surface area contributed by atoms with E-state index in [4.69, 9.17) is 0 Å².